The summed E-state index contributed by atoms with van der Waals surface area (Å²) < 4.78 is 0. The fraction of sp³-hybridized carbons (Fsp3) is 0.364. The standard InChI is InChI=1S/C22H29N3O2/c1-4-5-6-17-9-13-20(14-10-17)24-21(26)16-25(3)15-18-7-11-19(12-8-18)22(27)23-2/h7-14H,4-6,15-16H2,1-3H3,(H,23,27)(H,24,26). The molecule has 0 aliphatic carbocycles. The fourth-order valence-electron chi connectivity index (χ4n) is 2.85. The van der Waals surface area contributed by atoms with Crippen LogP contribution in [0.2, 0.25) is 0 Å². The lowest BCUT2D eigenvalue weighted by Crippen LogP contribution is -2.29. The highest BCUT2D eigenvalue weighted by molar-refractivity contribution is 5.94. The van der Waals surface area contributed by atoms with E-state index in [2.05, 4.69) is 29.7 Å². The van der Waals surface area contributed by atoms with Crippen molar-refractivity contribution in [3.8, 4) is 0 Å². The van der Waals surface area contributed by atoms with E-state index in [1.54, 1.807) is 19.2 Å². The largest absolute Gasteiger partial charge is 0.355 e. The summed E-state index contributed by atoms with van der Waals surface area (Å²) in [6, 6.07) is 15.5. The molecule has 0 unspecified atom stereocenters. The van der Waals surface area contributed by atoms with Gasteiger partial charge in [-0.1, -0.05) is 37.6 Å². The van der Waals surface area contributed by atoms with Crippen molar-refractivity contribution in [2.24, 2.45) is 0 Å². The molecule has 5 heteroatoms. The molecule has 0 aliphatic heterocycles. The van der Waals surface area contributed by atoms with Crippen LogP contribution in [-0.4, -0.2) is 37.4 Å². The van der Waals surface area contributed by atoms with Crippen LogP contribution in [0.5, 0.6) is 0 Å². The molecule has 0 saturated heterocycles. The number of amides is 2. The summed E-state index contributed by atoms with van der Waals surface area (Å²) in [5, 5.41) is 5.54. The molecule has 0 spiro atoms. The number of rotatable bonds is 9. The van der Waals surface area contributed by atoms with Gasteiger partial charge in [-0.05, 0) is 55.3 Å². The van der Waals surface area contributed by atoms with Gasteiger partial charge in [0.2, 0.25) is 5.91 Å². The Hall–Kier alpha value is -2.66. The molecule has 2 rings (SSSR count). The van der Waals surface area contributed by atoms with Crippen LogP contribution in [0.25, 0.3) is 0 Å². The second kappa shape index (κ2) is 10.5. The molecule has 2 amide bonds. The molecular formula is C22H29N3O2. The average Bonchev–Trinajstić information content (AvgIpc) is 2.67. The van der Waals surface area contributed by atoms with E-state index in [4.69, 9.17) is 0 Å². The first-order valence-electron chi connectivity index (χ1n) is 9.40. The lowest BCUT2D eigenvalue weighted by Gasteiger charge is -2.16. The van der Waals surface area contributed by atoms with E-state index in [0.29, 0.717) is 18.7 Å². The number of anilines is 1. The number of benzene rings is 2. The maximum atomic E-state index is 12.2. The van der Waals surface area contributed by atoms with Gasteiger partial charge >= 0.3 is 0 Å². The smallest absolute Gasteiger partial charge is 0.251 e. The topological polar surface area (TPSA) is 61.4 Å². The predicted octanol–water partition coefficient (Wildman–Crippen LogP) is 3.46. The second-order valence-corrected chi connectivity index (χ2v) is 6.80. The van der Waals surface area contributed by atoms with Crippen molar-refractivity contribution in [3.05, 3.63) is 65.2 Å². The van der Waals surface area contributed by atoms with E-state index >= 15 is 0 Å². The molecule has 5 nitrogen and oxygen atoms in total. The quantitative estimate of drug-likeness (QED) is 0.713. The minimum atomic E-state index is -0.102. The zero-order valence-electron chi connectivity index (χ0n) is 16.4. The number of carbonyl (C=O) groups excluding carboxylic acids is 2. The molecule has 0 atom stereocenters. The van der Waals surface area contributed by atoms with Crippen LogP contribution in [0, 0.1) is 0 Å². The van der Waals surface area contributed by atoms with Crippen molar-refractivity contribution >= 4 is 17.5 Å². The summed E-state index contributed by atoms with van der Waals surface area (Å²) in [7, 11) is 3.52. The first kappa shape index (κ1) is 20.6. The van der Waals surface area contributed by atoms with Crippen LogP contribution in [0.3, 0.4) is 0 Å². The highest BCUT2D eigenvalue weighted by Gasteiger charge is 2.09. The Labute approximate surface area is 161 Å². The van der Waals surface area contributed by atoms with E-state index < -0.39 is 0 Å². The molecule has 0 aromatic heterocycles. The Morgan fingerprint density at radius 2 is 1.59 bits per heavy atom. The van der Waals surface area contributed by atoms with Crippen molar-refractivity contribution in [2.75, 3.05) is 26.0 Å². The van der Waals surface area contributed by atoms with Gasteiger partial charge in [-0.25, -0.2) is 0 Å². The van der Waals surface area contributed by atoms with Crippen molar-refractivity contribution in [3.63, 3.8) is 0 Å². The van der Waals surface area contributed by atoms with Crippen LogP contribution in [0.1, 0.15) is 41.3 Å². The number of nitrogens with zero attached hydrogens (tertiary/aromatic N) is 1. The van der Waals surface area contributed by atoms with E-state index in [1.807, 2.05) is 36.2 Å². The monoisotopic (exact) mass is 367 g/mol. The third-order valence-electron chi connectivity index (χ3n) is 4.37. The molecule has 144 valence electrons. The zero-order valence-corrected chi connectivity index (χ0v) is 16.4. The van der Waals surface area contributed by atoms with Gasteiger partial charge in [0.25, 0.3) is 5.91 Å². The van der Waals surface area contributed by atoms with Crippen molar-refractivity contribution < 1.29 is 9.59 Å². The van der Waals surface area contributed by atoms with Gasteiger partial charge in [0.05, 0.1) is 6.54 Å². The Morgan fingerprint density at radius 3 is 2.19 bits per heavy atom. The van der Waals surface area contributed by atoms with Crippen molar-refractivity contribution in [1.29, 1.82) is 0 Å². The lowest BCUT2D eigenvalue weighted by atomic mass is 10.1. The third kappa shape index (κ3) is 6.87. The molecule has 0 radical (unpaired) electrons. The van der Waals surface area contributed by atoms with Gasteiger partial charge in [-0.3, -0.25) is 14.5 Å². The zero-order chi connectivity index (χ0) is 19.6. The summed E-state index contributed by atoms with van der Waals surface area (Å²) in [6.45, 7) is 3.12. The summed E-state index contributed by atoms with van der Waals surface area (Å²) in [6.07, 6.45) is 3.44. The van der Waals surface area contributed by atoms with E-state index in [-0.39, 0.29) is 11.8 Å². The number of nitrogens with one attached hydrogen (secondary N) is 2. The molecule has 2 N–H and O–H groups in total. The van der Waals surface area contributed by atoms with Gasteiger partial charge in [-0.15, -0.1) is 0 Å². The number of hydrogen-bond acceptors (Lipinski definition) is 3. The van der Waals surface area contributed by atoms with Gasteiger partial charge in [0.1, 0.15) is 0 Å². The fourth-order valence-corrected chi connectivity index (χ4v) is 2.85. The number of aryl methyl sites for hydroxylation is 1. The molecule has 27 heavy (non-hydrogen) atoms. The average molecular weight is 367 g/mol. The molecule has 0 heterocycles. The highest BCUT2D eigenvalue weighted by Crippen LogP contribution is 2.12. The minimum Gasteiger partial charge on any atom is -0.355 e. The maximum Gasteiger partial charge on any atom is 0.251 e. The van der Waals surface area contributed by atoms with Gasteiger partial charge in [-0.2, -0.15) is 0 Å². The highest BCUT2D eigenvalue weighted by atomic mass is 16.2. The van der Waals surface area contributed by atoms with Crippen molar-refractivity contribution in [2.45, 2.75) is 32.7 Å². The number of hydrogen-bond donors (Lipinski definition) is 2. The van der Waals surface area contributed by atoms with Crippen LogP contribution >= 0.6 is 0 Å². The Balaban J connectivity index is 1.81. The molecule has 2 aromatic carbocycles. The van der Waals surface area contributed by atoms with E-state index in [9.17, 15) is 9.59 Å². The molecule has 0 fully saturated rings. The number of likely N-dealkylation sites (N-methyl/N-ethyl adjacent to an activating group) is 1. The lowest BCUT2D eigenvalue weighted by molar-refractivity contribution is -0.117. The van der Waals surface area contributed by atoms with Gasteiger partial charge in [0, 0.05) is 24.8 Å². The van der Waals surface area contributed by atoms with Gasteiger partial charge < -0.3 is 10.6 Å². The Bertz CT molecular complexity index is 739. The van der Waals surface area contributed by atoms with E-state index in [0.717, 1.165) is 17.7 Å². The number of carbonyl (C=O) groups is 2. The number of unbranched alkanes of at least 4 members (excludes halogenated alkanes) is 1. The molecule has 0 bridgehead atoms. The molecule has 0 aliphatic rings. The summed E-state index contributed by atoms with van der Waals surface area (Å²) in [4.78, 5) is 25.8. The SMILES string of the molecule is CCCCc1ccc(NC(=O)CN(C)Cc2ccc(C(=O)NC)cc2)cc1. The minimum absolute atomic E-state index is 0.0409. The molecule has 0 saturated carbocycles. The Kier molecular flexibility index (Phi) is 8.01. The summed E-state index contributed by atoms with van der Waals surface area (Å²) >= 11 is 0. The van der Waals surface area contributed by atoms with E-state index in [1.165, 1.54) is 18.4 Å². The second-order valence-electron chi connectivity index (χ2n) is 6.80. The first-order chi connectivity index (χ1) is 13.0. The predicted molar refractivity (Wildman–Crippen MR) is 110 cm³/mol. The summed E-state index contributed by atoms with van der Waals surface area (Å²) in [5.41, 5.74) is 3.80. The van der Waals surface area contributed by atoms with Crippen molar-refractivity contribution in [1.82, 2.24) is 10.2 Å². The molecule has 2 aromatic rings. The van der Waals surface area contributed by atoms with Crippen LogP contribution in [0.4, 0.5) is 5.69 Å². The normalized spacial score (nSPS) is 10.7. The van der Waals surface area contributed by atoms with Crippen LogP contribution in [-0.2, 0) is 17.8 Å². The first-order valence-corrected chi connectivity index (χ1v) is 9.40. The summed E-state index contributed by atoms with van der Waals surface area (Å²) in [5.74, 6) is -0.143. The van der Waals surface area contributed by atoms with Crippen LogP contribution in [0.15, 0.2) is 48.5 Å². The van der Waals surface area contributed by atoms with Crippen LogP contribution < -0.4 is 10.6 Å². The third-order valence-corrected chi connectivity index (χ3v) is 4.37. The van der Waals surface area contributed by atoms with Gasteiger partial charge in [0.15, 0.2) is 0 Å². The maximum absolute atomic E-state index is 12.2. The Morgan fingerprint density at radius 1 is 0.963 bits per heavy atom. The molecular weight excluding hydrogens is 338 g/mol.